The molecule has 1 rings (SSSR count). The fourth-order valence-corrected chi connectivity index (χ4v) is 0.585. The average Bonchev–Trinajstić information content (AvgIpc) is 2.40. The Morgan fingerprint density at radius 1 is 1.58 bits per heavy atom. The quantitative estimate of drug-likeness (QED) is 0.582. The molecular weight excluding hydrogens is 162 g/mol. The largest absolute Gasteiger partial charge is 0.444 e. The highest BCUT2D eigenvalue weighted by molar-refractivity contribution is 5.90. The molecule has 1 N–H and O–H groups in total. The molecule has 1 fully saturated rings. The predicted octanol–water partition coefficient (Wildman–Crippen LogP) is 0.394. The summed E-state index contributed by atoms with van der Waals surface area (Å²) in [4.78, 5) is 21.2. The van der Waals surface area contributed by atoms with Gasteiger partial charge in [-0.05, 0) is 20.8 Å². The van der Waals surface area contributed by atoms with Gasteiger partial charge in [0.2, 0.25) is 0 Å². The van der Waals surface area contributed by atoms with E-state index in [2.05, 4.69) is 10.1 Å². The van der Waals surface area contributed by atoms with Gasteiger partial charge in [0.05, 0.1) is 0 Å². The van der Waals surface area contributed by atoms with E-state index in [4.69, 9.17) is 4.74 Å². The first kappa shape index (κ1) is 8.83. The Balaban J connectivity index is 2.25. The zero-order valence-corrected chi connectivity index (χ0v) is 7.21. The number of cyclic esters (lactones) is 1. The van der Waals surface area contributed by atoms with Gasteiger partial charge in [-0.1, -0.05) is 0 Å². The van der Waals surface area contributed by atoms with Crippen LogP contribution in [0.15, 0.2) is 0 Å². The third-order valence-corrected chi connectivity index (χ3v) is 1.04. The maximum absolute atomic E-state index is 10.9. The van der Waals surface area contributed by atoms with Crippen molar-refractivity contribution >= 4 is 12.1 Å². The minimum absolute atomic E-state index is 0.430. The highest BCUT2D eigenvalue weighted by Gasteiger charge is 2.40. The fraction of sp³-hybridized carbons (Fsp3) is 0.714. The van der Waals surface area contributed by atoms with Crippen LogP contribution in [-0.2, 0) is 14.3 Å². The number of carbonyl (C=O) groups is 2. The molecule has 1 atom stereocenters. The van der Waals surface area contributed by atoms with E-state index >= 15 is 0 Å². The van der Waals surface area contributed by atoms with E-state index in [0.29, 0.717) is 0 Å². The summed E-state index contributed by atoms with van der Waals surface area (Å²) in [6.07, 6.45) is -1.43. The third-order valence-electron chi connectivity index (χ3n) is 1.04. The van der Waals surface area contributed by atoms with E-state index in [0.717, 1.165) is 0 Å². The van der Waals surface area contributed by atoms with Crippen molar-refractivity contribution < 1.29 is 19.1 Å². The van der Waals surface area contributed by atoms with E-state index in [1.807, 2.05) is 0 Å². The molecule has 1 aliphatic heterocycles. The van der Waals surface area contributed by atoms with Gasteiger partial charge in [0.15, 0.2) is 0 Å². The first-order valence-corrected chi connectivity index (χ1v) is 3.58. The van der Waals surface area contributed by atoms with Gasteiger partial charge in [0.1, 0.15) is 5.60 Å². The van der Waals surface area contributed by atoms with Gasteiger partial charge in [-0.3, -0.25) is 5.32 Å². The average molecular weight is 173 g/mol. The van der Waals surface area contributed by atoms with Crippen molar-refractivity contribution in [2.75, 3.05) is 0 Å². The zero-order valence-electron chi connectivity index (χ0n) is 7.21. The lowest BCUT2D eigenvalue weighted by molar-refractivity contribution is -0.117. The van der Waals surface area contributed by atoms with Gasteiger partial charge in [-0.25, -0.2) is 9.59 Å². The molecule has 1 saturated heterocycles. The number of nitrogens with one attached hydrogen (secondary N) is 1. The summed E-state index contributed by atoms with van der Waals surface area (Å²) in [5.41, 5.74) is -0.554. The van der Waals surface area contributed by atoms with Crippen LogP contribution in [0.1, 0.15) is 20.8 Å². The Bertz CT molecular complexity index is 218. The number of ether oxygens (including phenoxy) is 2. The summed E-state index contributed by atoms with van der Waals surface area (Å²) in [7, 11) is 0. The van der Waals surface area contributed by atoms with Crippen molar-refractivity contribution in [2.24, 2.45) is 0 Å². The summed E-state index contributed by atoms with van der Waals surface area (Å²) in [6, 6.07) is 0. The number of rotatable bonds is 1. The molecule has 5 heteroatoms. The van der Waals surface area contributed by atoms with Crippen LogP contribution in [0, 0.1) is 0 Å². The normalized spacial score (nSPS) is 21.2. The molecule has 1 amide bonds. The third kappa shape index (κ3) is 2.77. The Kier molecular flexibility index (Phi) is 1.95. The molecular formula is C7H11NO4. The van der Waals surface area contributed by atoms with Gasteiger partial charge in [0, 0.05) is 0 Å². The highest BCUT2D eigenvalue weighted by Crippen LogP contribution is 2.11. The summed E-state index contributed by atoms with van der Waals surface area (Å²) >= 11 is 0. The second kappa shape index (κ2) is 2.66. The highest BCUT2D eigenvalue weighted by atomic mass is 16.7. The Morgan fingerprint density at radius 2 is 2.08 bits per heavy atom. The van der Waals surface area contributed by atoms with Crippen molar-refractivity contribution in [3.63, 3.8) is 0 Å². The minimum atomic E-state index is -0.792. The molecule has 0 spiro atoms. The number of carbonyl (C=O) groups excluding carboxylic acids is 2. The van der Waals surface area contributed by atoms with Crippen LogP contribution in [0.2, 0.25) is 0 Å². The van der Waals surface area contributed by atoms with Crippen LogP contribution in [-0.4, -0.2) is 23.9 Å². The first-order chi connectivity index (χ1) is 5.38. The number of epoxide rings is 1. The fourth-order valence-electron chi connectivity index (χ4n) is 0.585. The van der Waals surface area contributed by atoms with E-state index in [1.165, 1.54) is 0 Å². The van der Waals surface area contributed by atoms with Crippen LogP contribution < -0.4 is 5.32 Å². The number of amides is 1. The molecule has 68 valence electrons. The topological polar surface area (TPSA) is 67.9 Å². The predicted molar refractivity (Wildman–Crippen MR) is 39.2 cm³/mol. The Morgan fingerprint density at radius 3 is 2.42 bits per heavy atom. The number of hydrogen-bond acceptors (Lipinski definition) is 4. The van der Waals surface area contributed by atoms with Crippen molar-refractivity contribution in [1.29, 1.82) is 0 Å². The molecule has 0 radical (unpaired) electrons. The van der Waals surface area contributed by atoms with Crippen LogP contribution in [0.5, 0.6) is 0 Å². The molecule has 0 aromatic heterocycles. The van der Waals surface area contributed by atoms with Crippen LogP contribution in [0.3, 0.4) is 0 Å². The molecule has 12 heavy (non-hydrogen) atoms. The molecule has 0 saturated carbocycles. The number of hydrogen-bond donors (Lipinski definition) is 1. The lowest BCUT2D eigenvalue weighted by Gasteiger charge is -2.18. The summed E-state index contributed by atoms with van der Waals surface area (Å²) in [5.74, 6) is -0.430. The van der Waals surface area contributed by atoms with Crippen molar-refractivity contribution in [3.05, 3.63) is 0 Å². The zero-order chi connectivity index (χ0) is 9.35. The van der Waals surface area contributed by atoms with Crippen molar-refractivity contribution in [3.8, 4) is 0 Å². The second-order valence-electron chi connectivity index (χ2n) is 3.46. The molecule has 0 aromatic carbocycles. The first-order valence-electron chi connectivity index (χ1n) is 3.58. The lowest BCUT2D eigenvalue weighted by Crippen LogP contribution is -2.34. The van der Waals surface area contributed by atoms with Crippen LogP contribution >= 0.6 is 0 Å². The maximum atomic E-state index is 10.9. The van der Waals surface area contributed by atoms with Gasteiger partial charge in [-0.15, -0.1) is 0 Å². The summed E-state index contributed by atoms with van der Waals surface area (Å²) in [5, 5.41) is 2.23. The van der Waals surface area contributed by atoms with E-state index in [-0.39, 0.29) is 0 Å². The smallest absolute Gasteiger partial charge is 0.410 e. The molecule has 0 aliphatic carbocycles. The van der Waals surface area contributed by atoms with E-state index in [1.54, 1.807) is 20.8 Å². The molecule has 1 heterocycles. The standard InChI is InChI=1S/C7H11NO4/c1-7(2,3)12-6(10)8-4-5(9)11-4/h4H,1-3H3,(H,8,10)/t4-/m0/s1. The maximum Gasteiger partial charge on any atom is 0.410 e. The van der Waals surface area contributed by atoms with Gasteiger partial charge in [0.25, 0.3) is 6.23 Å². The molecule has 1 aliphatic rings. The van der Waals surface area contributed by atoms with Gasteiger partial charge >= 0.3 is 12.1 Å². The minimum Gasteiger partial charge on any atom is -0.444 e. The Labute approximate surface area is 70.0 Å². The van der Waals surface area contributed by atoms with Crippen LogP contribution in [0.25, 0.3) is 0 Å². The second-order valence-corrected chi connectivity index (χ2v) is 3.46. The molecule has 5 nitrogen and oxygen atoms in total. The Hall–Kier alpha value is -1.26. The van der Waals surface area contributed by atoms with Gasteiger partial charge < -0.3 is 9.47 Å². The molecule has 0 unspecified atom stereocenters. The summed E-state index contributed by atoms with van der Waals surface area (Å²) in [6.45, 7) is 5.21. The monoisotopic (exact) mass is 173 g/mol. The van der Waals surface area contributed by atoms with Gasteiger partial charge in [-0.2, -0.15) is 0 Å². The SMILES string of the molecule is CC(C)(C)OC(=O)N[C@H]1OC1=O. The number of alkyl carbamates (subject to hydrolysis) is 1. The van der Waals surface area contributed by atoms with Crippen LogP contribution in [0.4, 0.5) is 4.79 Å². The van der Waals surface area contributed by atoms with Crippen molar-refractivity contribution in [2.45, 2.75) is 32.6 Å². The lowest BCUT2D eigenvalue weighted by atomic mass is 10.2. The van der Waals surface area contributed by atoms with Crippen molar-refractivity contribution in [1.82, 2.24) is 5.32 Å². The molecule has 0 aromatic rings. The van der Waals surface area contributed by atoms with E-state index < -0.39 is 23.9 Å². The van der Waals surface area contributed by atoms with E-state index in [9.17, 15) is 9.59 Å². The molecule has 0 bridgehead atoms. The summed E-state index contributed by atoms with van der Waals surface area (Å²) < 4.78 is 9.21.